The van der Waals surface area contributed by atoms with Crippen LogP contribution < -0.4 is 14.9 Å². The molecule has 0 aliphatic carbocycles. The number of carbonyl (C=O) groups is 1. The van der Waals surface area contributed by atoms with Gasteiger partial charge in [0.2, 0.25) is 5.91 Å². The van der Waals surface area contributed by atoms with Crippen LogP contribution in [0, 0.1) is 6.92 Å². The van der Waals surface area contributed by atoms with Crippen molar-refractivity contribution in [2.75, 3.05) is 19.0 Å². The fraction of sp³-hybridized carbons (Fsp3) is 0.300. The summed E-state index contributed by atoms with van der Waals surface area (Å²) in [5.74, 6) is 2.51. The first-order valence-corrected chi connectivity index (χ1v) is 9.64. The molecule has 26 heavy (non-hydrogen) atoms. The molecular formula is C20H22N2O3S. The third-order valence-corrected chi connectivity index (χ3v) is 4.93. The molecule has 0 fully saturated rings. The molecule has 0 saturated heterocycles. The molecule has 5 nitrogen and oxygen atoms in total. The van der Waals surface area contributed by atoms with Crippen LogP contribution in [0.1, 0.15) is 23.6 Å². The maximum absolute atomic E-state index is 12.0. The highest BCUT2D eigenvalue weighted by atomic mass is 32.2. The zero-order valence-electron chi connectivity index (χ0n) is 15.0. The zero-order chi connectivity index (χ0) is 18.4. The van der Waals surface area contributed by atoms with E-state index in [1.54, 1.807) is 11.8 Å². The van der Waals surface area contributed by atoms with E-state index in [0.29, 0.717) is 24.7 Å². The van der Waals surface area contributed by atoms with Crippen LogP contribution in [0.3, 0.4) is 0 Å². The van der Waals surface area contributed by atoms with Gasteiger partial charge >= 0.3 is 0 Å². The second-order valence-electron chi connectivity index (χ2n) is 6.07. The van der Waals surface area contributed by atoms with Crippen molar-refractivity contribution >= 4 is 23.4 Å². The number of ether oxygens (including phenoxy) is 2. The smallest absolute Gasteiger partial charge is 0.250 e. The summed E-state index contributed by atoms with van der Waals surface area (Å²) in [6.45, 7) is 5.02. The average molecular weight is 370 g/mol. The molecule has 1 heterocycles. The lowest BCUT2D eigenvalue weighted by atomic mass is 10.1. The third-order valence-electron chi connectivity index (χ3n) is 3.93. The van der Waals surface area contributed by atoms with Gasteiger partial charge in [-0.2, -0.15) is 5.10 Å². The SMILES string of the molecule is C/C(=N/NC(=O)CSCc1ccc(C)cc1)c1ccc2c(c1)OCCO2. The fourth-order valence-corrected chi connectivity index (χ4v) is 3.24. The molecule has 0 radical (unpaired) electrons. The Morgan fingerprint density at radius 2 is 1.85 bits per heavy atom. The van der Waals surface area contributed by atoms with Crippen LogP contribution in [0.2, 0.25) is 0 Å². The van der Waals surface area contributed by atoms with Gasteiger partial charge < -0.3 is 9.47 Å². The second-order valence-corrected chi connectivity index (χ2v) is 7.05. The molecule has 0 spiro atoms. The summed E-state index contributed by atoms with van der Waals surface area (Å²) in [5.41, 5.74) is 6.67. The Morgan fingerprint density at radius 3 is 2.62 bits per heavy atom. The molecule has 0 saturated carbocycles. The van der Waals surface area contributed by atoms with Crippen LogP contribution in [-0.2, 0) is 10.5 Å². The van der Waals surface area contributed by atoms with Crippen molar-refractivity contribution in [3.8, 4) is 11.5 Å². The van der Waals surface area contributed by atoms with Crippen molar-refractivity contribution in [2.45, 2.75) is 19.6 Å². The Morgan fingerprint density at radius 1 is 1.12 bits per heavy atom. The summed E-state index contributed by atoms with van der Waals surface area (Å²) in [7, 11) is 0. The van der Waals surface area contributed by atoms with Gasteiger partial charge in [-0.25, -0.2) is 5.43 Å². The van der Waals surface area contributed by atoms with E-state index in [1.165, 1.54) is 11.1 Å². The number of nitrogens with one attached hydrogen (secondary N) is 1. The van der Waals surface area contributed by atoms with Gasteiger partial charge in [0.05, 0.1) is 11.5 Å². The Labute approximate surface area is 157 Å². The largest absolute Gasteiger partial charge is 0.486 e. The first-order chi connectivity index (χ1) is 12.6. The fourth-order valence-electron chi connectivity index (χ4n) is 2.46. The molecule has 0 unspecified atom stereocenters. The number of hydrogen-bond acceptors (Lipinski definition) is 5. The predicted octanol–water partition coefficient (Wildman–Crippen LogP) is 3.54. The van der Waals surface area contributed by atoms with Gasteiger partial charge in [0.1, 0.15) is 13.2 Å². The van der Waals surface area contributed by atoms with Gasteiger partial charge in [-0.05, 0) is 37.6 Å². The number of fused-ring (bicyclic) bond motifs is 1. The van der Waals surface area contributed by atoms with Crippen LogP contribution in [0.5, 0.6) is 11.5 Å². The van der Waals surface area contributed by atoms with E-state index in [9.17, 15) is 4.79 Å². The van der Waals surface area contributed by atoms with Gasteiger partial charge in [0.15, 0.2) is 11.5 Å². The number of nitrogens with zero attached hydrogens (tertiary/aromatic N) is 1. The molecule has 3 rings (SSSR count). The van der Waals surface area contributed by atoms with Crippen LogP contribution in [-0.4, -0.2) is 30.6 Å². The van der Waals surface area contributed by atoms with E-state index in [1.807, 2.05) is 25.1 Å². The third kappa shape index (κ3) is 5.02. The molecule has 6 heteroatoms. The number of carbonyl (C=O) groups excluding carboxylic acids is 1. The van der Waals surface area contributed by atoms with Crippen molar-refractivity contribution in [1.29, 1.82) is 0 Å². The topological polar surface area (TPSA) is 59.9 Å². The van der Waals surface area contributed by atoms with Crippen LogP contribution >= 0.6 is 11.8 Å². The molecule has 2 aromatic carbocycles. The number of aryl methyl sites for hydroxylation is 1. The summed E-state index contributed by atoms with van der Waals surface area (Å²) in [6, 6.07) is 14.0. The summed E-state index contributed by atoms with van der Waals surface area (Å²) in [5, 5.41) is 4.19. The highest BCUT2D eigenvalue weighted by molar-refractivity contribution is 7.99. The van der Waals surface area contributed by atoms with Crippen molar-refractivity contribution in [3.63, 3.8) is 0 Å². The monoisotopic (exact) mass is 370 g/mol. The van der Waals surface area contributed by atoms with E-state index >= 15 is 0 Å². The van der Waals surface area contributed by atoms with E-state index < -0.39 is 0 Å². The minimum absolute atomic E-state index is 0.112. The average Bonchev–Trinajstić information content (AvgIpc) is 2.67. The molecule has 1 amide bonds. The Kier molecular flexibility index (Phi) is 6.17. The van der Waals surface area contributed by atoms with E-state index in [4.69, 9.17) is 9.47 Å². The number of hydrazone groups is 1. The second kappa shape index (κ2) is 8.76. The number of hydrogen-bond donors (Lipinski definition) is 1. The molecule has 2 aromatic rings. The summed E-state index contributed by atoms with van der Waals surface area (Å²) >= 11 is 1.57. The van der Waals surface area contributed by atoms with Gasteiger partial charge in [0.25, 0.3) is 0 Å². The molecular weight excluding hydrogens is 348 g/mol. The first-order valence-electron chi connectivity index (χ1n) is 8.48. The van der Waals surface area contributed by atoms with Crippen molar-refractivity contribution in [3.05, 3.63) is 59.2 Å². The van der Waals surface area contributed by atoms with Crippen molar-refractivity contribution in [2.24, 2.45) is 5.10 Å². The van der Waals surface area contributed by atoms with Gasteiger partial charge in [0, 0.05) is 11.3 Å². The highest BCUT2D eigenvalue weighted by Crippen LogP contribution is 2.30. The van der Waals surface area contributed by atoms with Gasteiger partial charge in [-0.1, -0.05) is 29.8 Å². The van der Waals surface area contributed by atoms with Crippen molar-refractivity contribution < 1.29 is 14.3 Å². The minimum atomic E-state index is -0.112. The van der Waals surface area contributed by atoms with E-state index in [-0.39, 0.29) is 5.91 Å². The predicted molar refractivity (Wildman–Crippen MR) is 105 cm³/mol. The number of benzene rings is 2. The Balaban J connectivity index is 1.48. The first kappa shape index (κ1) is 18.3. The van der Waals surface area contributed by atoms with Gasteiger partial charge in [-0.3, -0.25) is 4.79 Å². The molecule has 1 N–H and O–H groups in total. The normalized spacial score (nSPS) is 13.4. The van der Waals surface area contributed by atoms with E-state index in [0.717, 1.165) is 22.8 Å². The molecule has 0 atom stereocenters. The molecule has 1 aliphatic heterocycles. The maximum atomic E-state index is 12.0. The lowest BCUT2D eigenvalue weighted by Gasteiger charge is -2.18. The van der Waals surface area contributed by atoms with Crippen LogP contribution in [0.15, 0.2) is 47.6 Å². The standard InChI is InChI=1S/C20H22N2O3S/c1-14-3-5-16(6-4-14)12-26-13-20(23)22-21-15(2)17-7-8-18-19(11-17)25-10-9-24-18/h3-8,11H,9-10,12-13H2,1-2H3,(H,22,23)/b21-15-. The zero-order valence-corrected chi connectivity index (χ0v) is 15.8. The maximum Gasteiger partial charge on any atom is 0.250 e. The molecule has 1 aliphatic rings. The lowest BCUT2D eigenvalue weighted by molar-refractivity contribution is -0.118. The summed E-state index contributed by atoms with van der Waals surface area (Å²) < 4.78 is 11.1. The quantitative estimate of drug-likeness (QED) is 0.624. The molecule has 0 aromatic heterocycles. The van der Waals surface area contributed by atoms with E-state index in [2.05, 4.69) is 41.7 Å². The van der Waals surface area contributed by atoms with Gasteiger partial charge in [-0.15, -0.1) is 11.8 Å². The molecule has 0 bridgehead atoms. The summed E-state index contributed by atoms with van der Waals surface area (Å²) in [4.78, 5) is 12.0. The van der Waals surface area contributed by atoms with Crippen molar-refractivity contribution in [1.82, 2.24) is 5.43 Å². The molecule has 136 valence electrons. The van der Waals surface area contributed by atoms with Crippen LogP contribution in [0.4, 0.5) is 0 Å². The Bertz CT molecular complexity index is 803. The van der Waals surface area contributed by atoms with Crippen LogP contribution in [0.25, 0.3) is 0 Å². The lowest BCUT2D eigenvalue weighted by Crippen LogP contribution is -2.21. The number of thioether (sulfide) groups is 1. The summed E-state index contributed by atoms with van der Waals surface area (Å²) in [6.07, 6.45) is 0. The minimum Gasteiger partial charge on any atom is -0.486 e. The number of amides is 1. The number of rotatable bonds is 6. The highest BCUT2D eigenvalue weighted by Gasteiger charge is 2.12. The Hall–Kier alpha value is -2.47.